The van der Waals surface area contributed by atoms with Gasteiger partial charge >= 0.3 is 0 Å². The Morgan fingerprint density at radius 3 is 2.94 bits per heavy atom. The van der Waals surface area contributed by atoms with Gasteiger partial charge in [-0.05, 0) is 31.3 Å². The van der Waals surface area contributed by atoms with Gasteiger partial charge in [0.05, 0.1) is 5.69 Å². The molecule has 4 heteroatoms. The van der Waals surface area contributed by atoms with Gasteiger partial charge in [0.1, 0.15) is 12.5 Å². The quantitative estimate of drug-likeness (QED) is 0.609. The summed E-state index contributed by atoms with van der Waals surface area (Å²) >= 11 is 0. The van der Waals surface area contributed by atoms with Gasteiger partial charge in [-0.3, -0.25) is 10.1 Å². The maximum absolute atomic E-state index is 11.2. The number of rotatable bonds is 4. The van der Waals surface area contributed by atoms with Crippen molar-refractivity contribution in [2.24, 2.45) is 0 Å². The first-order valence-electron chi connectivity index (χ1n) is 5.12. The molecule has 1 aromatic heterocycles. The van der Waals surface area contributed by atoms with E-state index in [1.807, 2.05) is 31.3 Å². The van der Waals surface area contributed by atoms with Crippen LogP contribution in [0.4, 0.5) is 0 Å². The Balaban J connectivity index is 2.34. The number of H-pyrrole nitrogens is 1. The van der Waals surface area contributed by atoms with Gasteiger partial charge in [-0.15, -0.1) is 0 Å². The van der Waals surface area contributed by atoms with Crippen molar-refractivity contribution in [1.29, 1.82) is 0 Å². The zero-order chi connectivity index (χ0) is 11.5. The van der Waals surface area contributed by atoms with Gasteiger partial charge in [0.2, 0.25) is 0 Å². The molecule has 0 saturated heterocycles. The molecule has 0 bridgehead atoms. The fourth-order valence-corrected chi connectivity index (χ4v) is 1.55. The number of carbonyl (C=O) groups is 1. The molecule has 1 heterocycles. The third-order valence-electron chi connectivity index (χ3n) is 2.35. The van der Waals surface area contributed by atoms with Crippen LogP contribution in [0.3, 0.4) is 0 Å². The average molecular weight is 218 g/mol. The van der Waals surface area contributed by atoms with Crippen LogP contribution in [0.25, 0.3) is 10.9 Å². The zero-order valence-corrected chi connectivity index (χ0v) is 9.33. The third-order valence-corrected chi connectivity index (χ3v) is 2.35. The summed E-state index contributed by atoms with van der Waals surface area (Å²) in [6.07, 6.45) is 0. The molecule has 1 aromatic carbocycles. The molecule has 84 valence electrons. The van der Waals surface area contributed by atoms with Crippen LogP contribution in [0.15, 0.2) is 24.3 Å². The number of ether oxygens (including phenoxy) is 1. The van der Waals surface area contributed by atoms with E-state index in [-0.39, 0.29) is 5.78 Å². The van der Waals surface area contributed by atoms with E-state index in [4.69, 9.17) is 4.74 Å². The SMILES string of the molecule is CNCOc1ccc2[nH]c(C(C)=O)cc2c1. The highest BCUT2D eigenvalue weighted by Crippen LogP contribution is 2.21. The van der Waals surface area contributed by atoms with E-state index in [9.17, 15) is 4.79 Å². The van der Waals surface area contributed by atoms with Crippen LogP contribution in [0, 0.1) is 0 Å². The van der Waals surface area contributed by atoms with Gasteiger partial charge in [-0.25, -0.2) is 0 Å². The minimum atomic E-state index is 0.0360. The molecule has 0 radical (unpaired) electrons. The molecular formula is C12H14N2O2. The van der Waals surface area contributed by atoms with Crippen LogP contribution < -0.4 is 10.1 Å². The first-order chi connectivity index (χ1) is 7.70. The van der Waals surface area contributed by atoms with E-state index >= 15 is 0 Å². The smallest absolute Gasteiger partial charge is 0.175 e. The van der Waals surface area contributed by atoms with Gasteiger partial charge in [0.15, 0.2) is 5.78 Å². The van der Waals surface area contributed by atoms with Gasteiger partial charge in [-0.1, -0.05) is 0 Å². The molecule has 0 spiro atoms. The zero-order valence-electron chi connectivity index (χ0n) is 9.33. The highest BCUT2D eigenvalue weighted by Gasteiger charge is 2.05. The Kier molecular flexibility index (Phi) is 2.92. The molecule has 2 rings (SSSR count). The van der Waals surface area contributed by atoms with E-state index in [2.05, 4.69) is 10.3 Å². The van der Waals surface area contributed by atoms with E-state index in [0.29, 0.717) is 12.4 Å². The van der Waals surface area contributed by atoms with Crippen molar-refractivity contribution in [2.75, 3.05) is 13.8 Å². The van der Waals surface area contributed by atoms with Gasteiger partial charge < -0.3 is 9.72 Å². The predicted octanol–water partition coefficient (Wildman–Crippen LogP) is 1.93. The number of aromatic amines is 1. The minimum Gasteiger partial charge on any atom is -0.478 e. The lowest BCUT2D eigenvalue weighted by Crippen LogP contribution is -2.13. The molecule has 16 heavy (non-hydrogen) atoms. The fourth-order valence-electron chi connectivity index (χ4n) is 1.55. The molecule has 0 fully saturated rings. The monoisotopic (exact) mass is 218 g/mol. The molecule has 4 nitrogen and oxygen atoms in total. The van der Waals surface area contributed by atoms with Crippen LogP contribution in [-0.4, -0.2) is 24.5 Å². The highest BCUT2D eigenvalue weighted by atomic mass is 16.5. The highest BCUT2D eigenvalue weighted by molar-refractivity contribution is 5.98. The van der Waals surface area contributed by atoms with Crippen molar-refractivity contribution < 1.29 is 9.53 Å². The van der Waals surface area contributed by atoms with Crippen LogP contribution in [-0.2, 0) is 0 Å². The molecule has 0 amide bonds. The Hall–Kier alpha value is -1.81. The molecule has 0 aliphatic heterocycles. The van der Waals surface area contributed by atoms with Crippen molar-refractivity contribution in [2.45, 2.75) is 6.92 Å². The topological polar surface area (TPSA) is 54.1 Å². The summed E-state index contributed by atoms with van der Waals surface area (Å²) < 4.78 is 5.42. The summed E-state index contributed by atoms with van der Waals surface area (Å²) in [5.74, 6) is 0.824. The summed E-state index contributed by atoms with van der Waals surface area (Å²) in [6.45, 7) is 2.01. The number of Topliss-reactive ketones (excluding diaryl/α,β-unsaturated/α-hetero) is 1. The lowest BCUT2D eigenvalue weighted by molar-refractivity contribution is 0.101. The second kappa shape index (κ2) is 4.37. The summed E-state index contributed by atoms with van der Waals surface area (Å²) in [5.41, 5.74) is 1.57. The second-order valence-electron chi connectivity index (χ2n) is 3.63. The number of benzene rings is 1. The fraction of sp³-hybridized carbons (Fsp3) is 0.250. The Labute approximate surface area is 93.6 Å². The molecule has 0 unspecified atom stereocenters. The molecular weight excluding hydrogens is 204 g/mol. The lowest BCUT2D eigenvalue weighted by Gasteiger charge is -2.04. The van der Waals surface area contributed by atoms with Gasteiger partial charge in [0.25, 0.3) is 0 Å². The molecule has 2 aromatic rings. The standard InChI is InChI=1S/C12H14N2O2/c1-8(15)12-6-9-5-10(16-7-13-2)3-4-11(9)14-12/h3-6,13-14H,7H2,1-2H3. The lowest BCUT2D eigenvalue weighted by atomic mass is 10.2. The maximum atomic E-state index is 11.2. The third kappa shape index (κ3) is 2.06. The normalized spacial score (nSPS) is 10.6. The van der Waals surface area contributed by atoms with Crippen molar-refractivity contribution in [3.05, 3.63) is 30.0 Å². The Morgan fingerprint density at radius 1 is 1.44 bits per heavy atom. The van der Waals surface area contributed by atoms with Crippen molar-refractivity contribution in [3.63, 3.8) is 0 Å². The number of hydrogen-bond acceptors (Lipinski definition) is 3. The van der Waals surface area contributed by atoms with Crippen molar-refractivity contribution >= 4 is 16.7 Å². The van der Waals surface area contributed by atoms with Crippen LogP contribution >= 0.6 is 0 Å². The van der Waals surface area contributed by atoms with E-state index in [1.165, 1.54) is 0 Å². The second-order valence-corrected chi connectivity index (χ2v) is 3.63. The molecule has 0 aliphatic carbocycles. The van der Waals surface area contributed by atoms with Crippen molar-refractivity contribution in [1.82, 2.24) is 10.3 Å². The predicted molar refractivity (Wildman–Crippen MR) is 62.9 cm³/mol. The molecule has 0 saturated carbocycles. The molecule has 2 N–H and O–H groups in total. The Morgan fingerprint density at radius 2 is 2.25 bits per heavy atom. The minimum absolute atomic E-state index is 0.0360. The van der Waals surface area contributed by atoms with Crippen LogP contribution in [0.2, 0.25) is 0 Å². The number of hydrogen-bond donors (Lipinski definition) is 2. The first-order valence-corrected chi connectivity index (χ1v) is 5.12. The first kappa shape index (κ1) is 10.7. The largest absolute Gasteiger partial charge is 0.478 e. The summed E-state index contributed by atoms with van der Waals surface area (Å²) in [4.78, 5) is 14.3. The summed E-state index contributed by atoms with van der Waals surface area (Å²) in [7, 11) is 1.82. The summed E-state index contributed by atoms with van der Waals surface area (Å²) in [5, 5.41) is 3.89. The number of carbonyl (C=O) groups excluding carboxylic acids is 1. The van der Waals surface area contributed by atoms with Gasteiger partial charge in [0, 0.05) is 17.8 Å². The van der Waals surface area contributed by atoms with Crippen LogP contribution in [0.1, 0.15) is 17.4 Å². The van der Waals surface area contributed by atoms with E-state index < -0.39 is 0 Å². The van der Waals surface area contributed by atoms with Crippen molar-refractivity contribution in [3.8, 4) is 5.75 Å². The summed E-state index contributed by atoms with van der Waals surface area (Å²) in [6, 6.07) is 7.53. The van der Waals surface area contributed by atoms with Gasteiger partial charge in [-0.2, -0.15) is 0 Å². The number of aromatic nitrogens is 1. The molecule has 0 atom stereocenters. The van der Waals surface area contributed by atoms with E-state index in [0.717, 1.165) is 16.7 Å². The van der Waals surface area contributed by atoms with E-state index in [1.54, 1.807) is 6.92 Å². The average Bonchev–Trinajstić information content (AvgIpc) is 2.69. The number of fused-ring (bicyclic) bond motifs is 1. The number of ketones is 1. The van der Waals surface area contributed by atoms with Crippen LogP contribution in [0.5, 0.6) is 5.75 Å². The molecule has 0 aliphatic rings. The Bertz CT molecular complexity index is 517. The number of nitrogens with one attached hydrogen (secondary N) is 2. The maximum Gasteiger partial charge on any atom is 0.175 e.